The molecule has 0 radical (unpaired) electrons. The molecular weight excluding hydrogens is 260 g/mol. The lowest BCUT2D eigenvalue weighted by Crippen LogP contribution is -2.38. The van der Waals surface area contributed by atoms with Gasteiger partial charge >= 0.3 is 5.97 Å². The monoisotopic (exact) mass is 282 g/mol. The van der Waals surface area contributed by atoms with Crippen molar-refractivity contribution < 1.29 is 9.90 Å². The Labute approximate surface area is 118 Å². The van der Waals surface area contributed by atoms with Gasteiger partial charge in [-0.2, -0.15) is 0 Å². The highest BCUT2D eigenvalue weighted by Crippen LogP contribution is 2.26. The number of carbonyl (C=O) groups is 1. The van der Waals surface area contributed by atoms with E-state index in [1.807, 2.05) is 0 Å². The molecule has 0 bridgehead atoms. The smallest absolute Gasteiger partial charge is 0.307 e. The maximum Gasteiger partial charge on any atom is 0.307 e. The van der Waals surface area contributed by atoms with Gasteiger partial charge in [0.25, 0.3) is 0 Å². The Morgan fingerprint density at radius 1 is 1.58 bits per heavy atom. The van der Waals surface area contributed by atoms with E-state index in [4.69, 9.17) is 5.11 Å². The number of carboxylic acids is 1. The van der Waals surface area contributed by atoms with Gasteiger partial charge in [0.2, 0.25) is 0 Å². The lowest BCUT2D eigenvalue weighted by molar-refractivity contribution is -0.143. The van der Waals surface area contributed by atoms with Crippen LogP contribution in [0.1, 0.15) is 44.3 Å². The second-order valence-electron chi connectivity index (χ2n) is 6.31. The molecule has 106 valence electrons. The first kappa shape index (κ1) is 14.5. The van der Waals surface area contributed by atoms with Crippen LogP contribution in [0.4, 0.5) is 0 Å². The number of hydrogen-bond donors (Lipinski definition) is 1. The molecule has 1 N–H and O–H groups in total. The molecule has 1 aliphatic rings. The van der Waals surface area contributed by atoms with Crippen molar-refractivity contribution in [1.29, 1.82) is 0 Å². The quantitative estimate of drug-likeness (QED) is 0.926. The molecule has 19 heavy (non-hydrogen) atoms. The van der Waals surface area contributed by atoms with Crippen molar-refractivity contribution in [3.05, 3.63) is 16.1 Å². The summed E-state index contributed by atoms with van der Waals surface area (Å²) in [5.41, 5.74) is 1.16. The van der Waals surface area contributed by atoms with Gasteiger partial charge in [0.05, 0.1) is 16.6 Å². The fourth-order valence-electron chi connectivity index (χ4n) is 2.35. The Balaban J connectivity index is 1.97. The average Bonchev–Trinajstić information content (AvgIpc) is 2.77. The molecule has 1 fully saturated rings. The van der Waals surface area contributed by atoms with Gasteiger partial charge in [-0.3, -0.25) is 9.69 Å². The number of nitrogens with zero attached hydrogens (tertiary/aromatic N) is 2. The minimum absolute atomic E-state index is 0.0917. The molecule has 0 amide bonds. The average molecular weight is 282 g/mol. The van der Waals surface area contributed by atoms with Crippen LogP contribution in [0.5, 0.6) is 0 Å². The van der Waals surface area contributed by atoms with Gasteiger partial charge in [-0.1, -0.05) is 20.8 Å². The second-order valence-corrected chi connectivity index (χ2v) is 7.16. The number of carboxylic acid groups (broad SMARTS) is 1. The Morgan fingerprint density at radius 2 is 2.32 bits per heavy atom. The number of piperidine rings is 1. The van der Waals surface area contributed by atoms with Gasteiger partial charge in [-0.05, 0) is 19.4 Å². The minimum Gasteiger partial charge on any atom is -0.481 e. The number of likely N-dealkylation sites (tertiary alicyclic amines) is 1. The molecule has 0 spiro atoms. The third-order valence-corrected chi connectivity index (χ3v) is 4.75. The van der Waals surface area contributed by atoms with Crippen molar-refractivity contribution in [2.45, 2.75) is 45.6 Å². The van der Waals surface area contributed by atoms with Gasteiger partial charge < -0.3 is 5.11 Å². The maximum absolute atomic E-state index is 11.0. The number of aromatic nitrogens is 1. The van der Waals surface area contributed by atoms with Crippen LogP contribution in [0.25, 0.3) is 0 Å². The highest BCUT2D eigenvalue weighted by Gasteiger charge is 2.26. The summed E-state index contributed by atoms with van der Waals surface area (Å²) in [6.07, 6.45) is 1.77. The van der Waals surface area contributed by atoms with Gasteiger partial charge in [0.15, 0.2) is 0 Å². The summed E-state index contributed by atoms with van der Waals surface area (Å²) in [5, 5.41) is 12.3. The summed E-state index contributed by atoms with van der Waals surface area (Å²) in [6.45, 7) is 8.89. The molecule has 2 heterocycles. The zero-order valence-electron chi connectivity index (χ0n) is 11.8. The van der Waals surface area contributed by atoms with E-state index in [9.17, 15) is 4.79 Å². The van der Waals surface area contributed by atoms with E-state index in [0.29, 0.717) is 6.54 Å². The van der Waals surface area contributed by atoms with Gasteiger partial charge in [-0.15, -0.1) is 11.3 Å². The SMILES string of the molecule is CC(C)(C)c1nc(CN2CCC[C@@H](C(=O)O)C2)cs1. The van der Waals surface area contributed by atoms with Crippen LogP contribution >= 0.6 is 11.3 Å². The third kappa shape index (κ3) is 3.76. The van der Waals surface area contributed by atoms with Crippen LogP contribution in [0.2, 0.25) is 0 Å². The second kappa shape index (κ2) is 5.59. The van der Waals surface area contributed by atoms with Crippen molar-refractivity contribution >= 4 is 17.3 Å². The zero-order chi connectivity index (χ0) is 14.0. The number of rotatable bonds is 3. The molecule has 1 aromatic heterocycles. The largest absolute Gasteiger partial charge is 0.481 e. The molecule has 0 aliphatic carbocycles. The van der Waals surface area contributed by atoms with Crippen LogP contribution in [0.3, 0.4) is 0 Å². The Hall–Kier alpha value is -0.940. The molecule has 2 rings (SSSR count). The Kier molecular flexibility index (Phi) is 4.26. The van der Waals surface area contributed by atoms with Crippen molar-refractivity contribution in [3.8, 4) is 0 Å². The summed E-state index contributed by atoms with van der Waals surface area (Å²) in [6, 6.07) is 0. The number of hydrogen-bond acceptors (Lipinski definition) is 4. The van der Waals surface area contributed by atoms with Crippen LogP contribution in [0.15, 0.2) is 5.38 Å². The van der Waals surface area contributed by atoms with E-state index in [0.717, 1.165) is 36.6 Å². The zero-order valence-corrected chi connectivity index (χ0v) is 12.7. The predicted molar refractivity (Wildman–Crippen MR) is 76.5 cm³/mol. The Bertz CT molecular complexity index is 451. The molecule has 1 atom stereocenters. The number of aliphatic carboxylic acids is 1. The van der Waals surface area contributed by atoms with Crippen LogP contribution in [-0.4, -0.2) is 34.0 Å². The molecule has 0 aromatic carbocycles. The van der Waals surface area contributed by atoms with Crippen molar-refractivity contribution in [2.24, 2.45) is 5.92 Å². The van der Waals surface area contributed by atoms with Crippen molar-refractivity contribution in [1.82, 2.24) is 9.88 Å². The summed E-state index contributed by atoms with van der Waals surface area (Å²) in [4.78, 5) is 17.9. The fraction of sp³-hybridized carbons (Fsp3) is 0.714. The summed E-state index contributed by atoms with van der Waals surface area (Å²) >= 11 is 1.70. The molecule has 0 unspecified atom stereocenters. The topological polar surface area (TPSA) is 53.4 Å². The standard InChI is InChI=1S/C14H22N2O2S/c1-14(2,3)13-15-11(9-19-13)8-16-6-4-5-10(7-16)12(17)18/h9-10H,4-8H2,1-3H3,(H,17,18)/t10-/m1/s1. The van der Waals surface area contributed by atoms with Crippen LogP contribution < -0.4 is 0 Å². The first-order valence-corrected chi connectivity index (χ1v) is 7.64. The van der Waals surface area contributed by atoms with Crippen LogP contribution in [-0.2, 0) is 16.8 Å². The van der Waals surface area contributed by atoms with E-state index >= 15 is 0 Å². The molecule has 1 aromatic rings. The molecule has 1 saturated heterocycles. The first-order chi connectivity index (χ1) is 8.86. The van der Waals surface area contributed by atoms with E-state index < -0.39 is 5.97 Å². The summed E-state index contributed by atoms with van der Waals surface area (Å²) < 4.78 is 0. The van der Waals surface area contributed by atoms with Crippen LogP contribution in [0, 0.1) is 5.92 Å². The van der Waals surface area contributed by atoms with E-state index in [2.05, 4.69) is 36.0 Å². The molecule has 5 heteroatoms. The molecule has 4 nitrogen and oxygen atoms in total. The van der Waals surface area contributed by atoms with E-state index in [1.165, 1.54) is 0 Å². The fourth-order valence-corrected chi connectivity index (χ4v) is 3.25. The summed E-state index contributed by atoms with van der Waals surface area (Å²) in [5.74, 6) is -0.882. The van der Waals surface area contributed by atoms with Gasteiger partial charge in [0, 0.05) is 23.9 Å². The minimum atomic E-state index is -0.668. The van der Waals surface area contributed by atoms with Crippen molar-refractivity contribution in [3.63, 3.8) is 0 Å². The lowest BCUT2D eigenvalue weighted by atomic mass is 9.98. The first-order valence-electron chi connectivity index (χ1n) is 6.76. The normalized spacial score (nSPS) is 21.5. The third-order valence-electron chi connectivity index (χ3n) is 3.43. The lowest BCUT2D eigenvalue weighted by Gasteiger charge is -2.29. The van der Waals surface area contributed by atoms with Gasteiger partial charge in [0.1, 0.15) is 0 Å². The van der Waals surface area contributed by atoms with Gasteiger partial charge in [-0.25, -0.2) is 4.98 Å². The molecular formula is C14H22N2O2S. The van der Waals surface area contributed by atoms with E-state index in [-0.39, 0.29) is 11.3 Å². The Morgan fingerprint density at radius 3 is 2.89 bits per heavy atom. The maximum atomic E-state index is 11.0. The summed E-state index contributed by atoms with van der Waals surface area (Å²) in [7, 11) is 0. The molecule has 1 aliphatic heterocycles. The van der Waals surface area contributed by atoms with E-state index in [1.54, 1.807) is 11.3 Å². The number of thiazole rings is 1. The highest BCUT2D eigenvalue weighted by molar-refractivity contribution is 7.09. The highest BCUT2D eigenvalue weighted by atomic mass is 32.1. The predicted octanol–water partition coefficient (Wildman–Crippen LogP) is 2.74. The van der Waals surface area contributed by atoms with Crippen molar-refractivity contribution in [2.75, 3.05) is 13.1 Å². The molecule has 0 saturated carbocycles.